The highest BCUT2D eigenvalue weighted by atomic mass is 19.4. The predicted octanol–water partition coefficient (Wildman–Crippen LogP) is 4.34. The number of aryl methyl sites for hydroxylation is 1. The molecule has 3 N–H and O–H groups in total. The number of hydrogen-bond donors (Lipinski definition) is 2. The Balaban J connectivity index is 1.61. The number of rotatable bonds is 5. The highest BCUT2D eigenvalue weighted by Crippen LogP contribution is 2.30. The Morgan fingerprint density at radius 3 is 2.64 bits per heavy atom. The summed E-state index contributed by atoms with van der Waals surface area (Å²) in [6.07, 6.45) is -2.03. The van der Waals surface area contributed by atoms with Crippen LogP contribution in [-0.2, 0) is 12.7 Å². The van der Waals surface area contributed by atoms with Crippen LogP contribution in [-0.4, -0.2) is 38.5 Å². The number of pyridine rings is 2. The molecule has 33 heavy (non-hydrogen) atoms. The van der Waals surface area contributed by atoms with Gasteiger partial charge < -0.3 is 15.7 Å². The van der Waals surface area contributed by atoms with Crippen molar-refractivity contribution < 1.29 is 23.1 Å². The van der Waals surface area contributed by atoms with E-state index in [1.807, 2.05) is 13.0 Å². The van der Waals surface area contributed by atoms with Crippen molar-refractivity contribution in [3.63, 3.8) is 0 Å². The minimum atomic E-state index is -4.47. The van der Waals surface area contributed by atoms with Crippen molar-refractivity contribution >= 4 is 22.6 Å². The Labute approximate surface area is 189 Å². The van der Waals surface area contributed by atoms with E-state index in [0.717, 1.165) is 29.6 Å². The zero-order valence-corrected chi connectivity index (χ0v) is 18.1. The van der Waals surface area contributed by atoms with Gasteiger partial charge in [0.25, 0.3) is 5.91 Å². The van der Waals surface area contributed by atoms with Crippen molar-refractivity contribution in [3.8, 4) is 0 Å². The van der Waals surface area contributed by atoms with Gasteiger partial charge in [0.15, 0.2) is 0 Å². The van der Waals surface area contributed by atoms with E-state index < -0.39 is 17.8 Å². The van der Waals surface area contributed by atoms with Crippen LogP contribution in [0.2, 0.25) is 0 Å². The van der Waals surface area contributed by atoms with Crippen LogP contribution in [0.1, 0.15) is 46.4 Å². The molecule has 3 aromatic rings. The summed E-state index contributed by atoms with van der Waals surface area (Å²) in [7, 11) is 0. The second kappa shape index (κ2) is 8.97. The molecule has 0 unspecified atom stereocenters. The van der Waals surface area contributed by atoms with E-state index in [9.17, 15) is 23.1 Å². The van der Waals surface area contributed by atoms with Gasteiger partial charge in [-0.3, -0.25) is 9.78 Å². The molecule has 6 nitrogen and oxygen atoms in total. The number of nitrogen functional groups attached to an aromatic ring is 1. The van der Waals surface area contributed by atoms with Crippen LogP contribution in [0, 0.1) is 12.8 Å². The maximum Gasteiger partial charge on any atom is 0.417 e. The highest BCUT2D eigenvalue weighted by molar-refractivity contribution is 5.98. The Hall–Kier alpha value is -3.20. The zero-order valence-electron chi connectivity index (χ0n) is 18.1. The molecule has 0 radical (unpaired) electrons. The number of fused-ring (bicyclic) bond motifs is 1. The second-order valence-corrected chi connectivity index (χ2v) is 8.65. The minimum Gasteiger partial charge on any atom is -0.393 e. The number of benzene rings is 1. The summed E-state index contributed by atoms with van der Waals surface area (Å²) in [6, 6.07) is 9.27. The van der Waals surface area contributed by atoms with E-state index in [1.54, 1.807) is 23.1 Å². The minimum absolute atomic E-state index is 0.0701. The maximum absolute atomic E-state index is 13.5. The number of aromatic nitrogens is 2. The first-order chi connectivity index (χ1) is 15.6. The second-order valence-electron chi connectivity index (χ2n) is 8.65. The van der Waals surface area contributed by atoms with Gasteiger partial charge in [0.05, 0.1) is 29.4 Å². The number of nitrogens with two attached hydrogens (primary N) is 1. The zero-order chi connectivity index (χ0) is 23.8. The number of hydrogen-bond acceptors (Lipinski definition) is 5. The fourth-order valence-corrected chi connectivity index (χ4v) is 4.24. The van der Waals surface area contributed by atoms with Crippen molar-refractivity contribution in [1.29, 1.82) is 0 Å². The third-order valence-corrected chi connectivity index (χ3v) is 6.08. The van der Waals surface area contributed by atoms with Gasteiger partial charge in [-0.15, -0.1) is 0 Å². The van der Waals surface area contributed by atoms with Crippen molar-refractivity contribution in [3.05, 3.63) is 65.0 Å². The molecule has 1 aliphatic carbocycles. The molecular formula is C24H25F3N4O2. The molecule has 4 rings (SSSR count). The molecule has 1 aromatic carbocycles. The van der Waals surface area contributed by atoms with E-state index in [4.69, 9.17) is 5.73 Å². The van der Waals surface area contributed by atoms with Gasteiger partial charge >= 0.3 is 6.18 Å². The summed E-state index contributed by atoms with van der Waals surface area (Å²) in [6.45, 7) is 2.29. The highest BCUT2D eigenvalue weighted by Gasteiger charge is 2.31. The molecule has 9 heteroatoms. The number of carbonyl (C=O) groups is 1. The van der Waals surface area contributed by atoms with Gasteiger partial charge in [0.1, 0.15) is 5.82 Å². The molecular weight excluding hydrogens is 433 g/mol. The smallest absolute Gasteiger partial charge is 0.393 e. The normalized spacial score (nSPS) is 18.6. The van der Waals surface area contributed by atoms with Gasteiger partial charge in [0, 0.05) is 23.7 Å². The Morgan fingerprint density at radius 1 is 1.21 bits per heavy atom. The van der Waals surface area contributed by atoms with Crippen molar-refractivity contribution in [2.45, 2.75) is 45.0 Å². The van der Waals surface area contributed by atoms with Crippen LogP contribution in [0.3, 0.4) is 0 Å². The van der Waals surface area contributed by atoms with Crippen molar-refractivity contribution in [2.24, 2.45) is 5.92 Å². The fourth-order valence-electron chi connectivity index (χ4n) is 4.24. The quantitative estimate of drug-likeness (QED) is 0.593. The van der Waals surface area contributed by atoms with Crippen LogP contribution in [0.25, 0.3) is 10.9 Å². The van der Waals surface area contributed by atoms with Gasteiger partial charge in [-0.05, 0) is 74.1 Å². The lowest BCUT2D eigenvalue weighted by molar-refractivity contribution is -0.137. The van der Waals surface area contributed by atoms with E-state index in [0.29, 0.717) is 42.0 Å². The summed E-state index contributed by atoms with van der Waals surface area (Å²) in [5, 5.41) is 10.7. The van der Waals surface area contributed by atoms with Crippen molar-refractivity contribution in [2.75, 3.05) is 12.3 Å². The molecule has 0 aliphatic heterocycles. The lowest BCUT2D eigenvalue weighted by Crippen LogP contribution is -2.35. The molecule has 1 fully saturated rings. The molecule has 2 heterocycles. The largest absolute Gasteiger partial charge is 0.417 e. The summed E-state index contributed by atoms with van der Waals surface area (Å²) in [5.74, 6) is 0.286. The SMILES string of the molecule is Cc1cc2cc(C(=O)N(Cc3ccc(C(F)(F)F)cn3)C[C@@H]3CC[C@H](O)C3)ccc2nc1N. The van der Waals surface area contributed by atoms with Crippen LogP contribution in [0.5, 0.6) is 0 Å². The molecule has 0 saturated heterocycles. The van der Waals surface area contributed by atoms with Crippen LogP contribution < -0.4 is 5.73 Å². The number of nitrogens with zero attached hydrogens (tertiary/aromatic N) is 3. The first-order valence-corrected chi connectivity index (χ1v) is 10.8. The average molecular weight is 458 g/mol. The Kier molecular flexibility index (Phi) is 6.25. The molecule has 2 atom stereocenters. The number of anilines is 1. The van der Waals surface area contributed by atoms with E-state index in [1.165, 1.54) is 6.07 Å². The van der Waals surface area contributed by atoms with E-state index in [2.05, 4.69) is 9.97 Å². The van der Waals surface area contributed by atoms with Crippen LogP contribution in [0.15, 0.2) is 42.6 Å². The third kappa shape index (κ3) is 5.24. The summed E-state index contributed by atoms with van der Waals surface area (Å²) in [4.78, 5) is 23.3. The number of aliphatic hydroxyl groups excluding tert-OH is 1. The molecule has 2 aromatic heterocycles. The molecule has 1 amide bonds. The monoisotopic (exact) mass is 458 g/mol. The predicted molar refractivity (Wildman–Crippen MR) is 118 cm³/mol. The Morgan fingerprint density at radius 2 is 2.00 bits per heavy atom. The summed E-state index contributed by atoms with van der Waals surface area (Å²) >= 11 is 0. The molecule has 1 aliphatic rings. The van der Waals surface area contributed by atoms with E-state index >= 15 is 0 Å². The molecule has 0 bridgehead atoms. The summed E-state index contributed by atoms with van der Waals surface area (Å²) < 4.78 is 38.6. The lowest BCUT2D eigenvalue weighted by atomic mass is 10.0. The van der Waals surface area contributed by atoms with Gasteiger partial charge in [0.2, 0.25) is 0 Å². The van der Waals surface area contributed by atoms with Crippen LogP contribution in [0.4, 0.5) is 19.0 Å². The number of halogens is 3. The van der Waals surface area contributed by atoms with Crippen LogP contribution >= 0.6 is 0 Å². The number of alkyl halides is 3. The average Bonchev–Trinajstić information content (AvgIpc) is 3.17. The lowest BCUT2D eigenvalue weighted by Gasteiger charge is -2.26. The maximum atomic E-state index is 13.5. The topological polar surface area (TPSA) is 92.3 Å². The van der Waals surface area contributed by atoms with Crippen molar-refractivity contribution in [1.82, 2.24) is 14.9 Å². The number of aliphatic hydroxyl groups is 1. The van der Waals surface area contributed by atoms with E-state index in [-0.39, 0.29) is 18.4 Å². The number of carbonyl (C=O) groups excluding carboxylic acids is 1. The summed E-state index contributed by atoms with van der Waals surface area (Å²) in [5.41, 5.74) is 7.32. The standard InChI is InChI=1S/C24H25F3N4O2/c1-14-8-17-10-16(3-7-21(17)30-22(14)28)23(33)31(12-15-2-6-20(32)9-15)13-19-5-4-18(11-29-19)24(25,26)27/h3-5,7-8,10-11,15,20,32H,2,6,9,12-13H2,1H3,(H2,28,30)/t15-,20+/m1/s1. The molecule has 1 saturated carbocycles. The number of amides is 1. The first kappa shape index (κ1) is 23.0. The molecule has 0 spiro atoms. The van der Waals surface area contributed by atoms with Gasteiger partial charge in [-0.1, -0.05) is 0 Å². The Bertz CT molecular complexity index is 1160. The third-order valence-electron chi connectivity index (χ3n) is 6.08. The first-order valence-electron chi connectivity index (χ1n) is 10.8. The van der Waals surface area contributed by atoms with Gasteiger partial charge in [-0.25, -0.2) is 4.98 Å². The van der Waals surface area contributed by atoms with Gasteiger partial charge in [-0.2, -0.15) is 13.2 Å². The molecule has 174 valence electrons. The fraction of sp³-hybridized carbons (Fsp3) is 0.375.